The third-order valence-electron chi connectivity index (χ3n) is 5.53. The van der Waals surface area contributed by atoms with Crippen molar-refractivity contribution >= 4 is 11.6 Å². The molecular weight excluding hydrogens is 421 g/mol. The summed E-state index contributed by atoms with van der Waals surface area (Å²) in [5.41, 5.74) is 0.275. The summed E-state index contributed by atoms with van der Waals surface area (Å²) in [6, 6.07) is 3.78. The highest BCUT2D eigenvalue weighted by Gasteiger charge is 2.36. The SMILES string of the molecule is COC1(C)C=CC(CNC(=O)C(CC(C)C)Oc2ccc(C3=NC3)c(C(F)(F)F)c2)=CC1. The third-order valence-corrected chi connectivity index (χ3v) is 5.53. The van der Waals surface area contributed by atoms with E-state index in [1.807, 2.05) is 39.0 Å². The van der Waals surface area contributed by atoms with Crippen molar-refractivity contribution in [1.29, 1.82) is 0 Å². The molecule has 1 amide bonds. The number of hydrogen-bond acceptors (Lipinski definition) is 4. The van der Waals surface area contributed by atoms with Crippen LogP contribution in [-0.2, 0) is 15.7 Å². The van der Waals surface area contributed by atoms with E-state index in [4.69, 9.17) is 9.47 Å². The van der Waals surface area contributed by atoms with Gasteiger partial charge in [-0.15, -0.1) is 0 Å². The van der Waals surface area contributed by atoms with E-state index < -0.39 is 17.8 Å². The molecule has 0 aromatic heterocycles. The summed E-state index contributed by atoms with van der Waals surface area (Å²) in [6.45, 7) is 6.45. The highest BCUT2D eigenvalue weighted by Crippen LogP contribution is 2.36. The average Bonchev–Trinajstić information content (AvgIpc) is 3.57. The first-order valence-corrected chi connectivity index (χ1v) is 10.6. The van der Waals surface area contributed by atoms with E-state index in [9.17, 15) is 18.0 Å². The molecule has 0 saturated heterocycles. The van der Waals surface area contributed by atoms with Crippen molar-refractivity contribution in [3.05, 3.63) is 53.1 Å². The van der Waals surface area contributed by atoms with Crippen LogP contribution in [0.5, 0.6) is 5.75 Å². The molecule has 174 valence electrons. The molecule has 1 aliphatic carbocycles. The number of rotatable bonds is 9. The number of hydrogen-bond donors (Lipinski definition) is 1. The maximum Gasteiger partial charge on any atom is 0.417 e. The fraction of sp³-hybridized carbons (Fsp3) is 0.500. The van der Waals surface area contributed by atoms with E-state index in [0.29, 0.717) is 31.6 Å². The van der Waals surface area contributed by atoms with Crippen LogP contribution in [-0.4, -0.2) is 43.5 Å². The van der Waals surface area contributed by atoms with Crippen molar-refractivity contribution in [2.24, 2.45) is 10.9 Å². The van der Waals surface area contributed by atoms with Crippen LogP contribution in [0.2, 0.25) is 0 Å². The van der Waals surface area contributed by atoms with Gasteiger partial charge in [0.1, 0.15) is 5.75 Å². The Hall–Kier alpha value is -2.61. The maximum atomic E-state index is 13.5. The number of carbonyl (C=O) groups is 1. The second-order valence-corrected chi connectivity index (χ2v) is 8.76. The van der Waals surface area contributed by atoms with Gasteiger partial charge >= 0.3 is 6.18 Å². The molecule has 2 atom stereocenters. The van der Waals surface area contributed by atoms with Gasteiger partial charge in [-0.3, -0.25) is 9.79 Å². The number of ether oxygens (including phenoxy) is 2. The summed E-state index contributed by atoms with van der Waals surface area (Å²) in [5.74, 6) is -0.239. The molecule has 2 aliphatic rings. The van der Waals surface area contributed by atoms with Gasteiger partial charge in [-0.1, -0.05) is 32.1 Å². The van der Waals surface area contributed by atoms with Crippen molar-refractivity contribution in [3.8, 4) is 5.75 Å². The van der Waals surface area contributed by atoms with Crippen LogP contribution in [0.1, 0.15) is 44.7 Å². The first-order chi connectivity index (χ1) is 15.0. The molecular formula is C24H29F3N2O3. The van der Waals surface area contributed by atoms with Crippen LogP contribution in [0.15, 0.2) is 47.0 Å². The lowest BCUT2D eigenvalue weighted by molar-refractivity contribution is -0.137. The van der Waals surface area contributed by atoms with E-state index in [1.165, 1.54) is 12.1 Å². The normalized spacial score (nSPS) is 21.1. The predicted molar refractivity (Wildman–Crippen MR) is 117 cm³/mol. The summed E-state index contributed by atoms with van der Waals surface area (Å²) in [5, 5.41) is 2.84. The minimum absolute atomic E-state index is 0.00997. The number of aliphatic imine (C=N–C) groups is 1. The van der Waals surface area contributed by atoms with E-state index in [-0.39, 0.29) is 28.7 Å². The molecule has 8 heteroatoms. The van der Waals surface area contributed by atoms with Gasteiger partial charge in [0.2, 0.25) is 0 Å². The minimum Gasteiger partial charge on any atom is -0.481 e. The van der Waals surface area contributed by atoms with E-state index in [0.717, 1.165) is 11.6 Å². The molecule has 1 aliphatic heterocycles. The zero-order chi connectivity index (χ0) is 23.5. The molecule has 0 saturated carbocycles. The number of nitrogens with zero attached hydrogens (tertiary/aromatic N) is 1. The van der Waals surface area contributed by atoms with Crippen molar-refractivity contribution in [3.63, 3.8) is 0 Å². The molecule has 1 N–H and O–H groups in total. The van der Waals surface area contributed by atoms with Gasteiger partial charge < -0.3 is 14.8 Å². The largest absolute Gasteiger partial charge is 0.481 e. The number of alkyl halides is 3. The zero-order valence-electron chi connectivity index (χ0n) is 18.8. The standard InChI is InChI=1S/C24H29F3N2O3/c1-15(2)11-21(22(30)29-13-16-7-9-23(3,31-4)10-8-16)32-17-5-6-18(20-14-28-20)19(12-17)24(25,26)27/h5-9,12,15,21H,10-11,13-14H2,1-4H3,(H,29,30). The smallest absolute Gasteiger partial charge is 0.417 e. The zero-order valence-corrected chi connectivity index (χ0v) is 18.8. The molecule has 3 rings (SSSR count). The van der Waals surface area contributed by atoms with Crippen molar-refractivity contribution in [2.45, 2.75) is 51.5 Å². The average molecular weight is 451 g/mol. The highest BCUT2D eigenvalue weighted by molar-refractivity contribution is 6.11. The van der Waals surface area contributed by atoms with E-state index in [2.05, 4.69) is 10.3 Å². The van der Waals surface area contributed by atoms with Crippen LogP contribution in [0.3, 0.4) is 0 Å². The summed E-state index contributed by atoms with van der Waals surface area (Å²) < 4.78 is 51.7. The fourth-order valence-corrected chi connectivity index (χ4v) is 3.43. The first-order valence-electron chi connectivity index (χ1n) is 10.6. The Morgan fingerprint density at radius 1 is 1.31 bits per heavy atom. The second kappa shape index (κ2) is 9.48. The van der Waals surface area contributed by atoms with Gasteiger partial charge in [-0.2, -0.15) is 13.2 Å². The molecule has 0 spiro atoms. The summed E-state index contributed by atoms with van der Waals surface area (Å²) >= 11 is 0. The lowest BCUT2D eigenvalue weighted by Crippen LogP contribution is -2.40. The van der Waals surface area contributed by atoms with Crippen LogP contribution in [0.25, 0.3) is 0 Å². The Bertz CT molecular complexity index is 950. The van der Waals surface area contributed by atoms with Gasteiger partial charge in [-0.25, -0.2) is 0 Å². The molecule has 1 aromatic rings. The van der Waals surface area contributed by atoms with Crippen molar-refractivity contribution in [2.75, 3.05) is 20.2 Å². The molecule has 1 heterocycles. The molecule has 5 nitrogen and oxygen atoms in total. The van der Waals surface area contributed by atoms with Gasteiger partial charge in [0, 0.05) is 19.2 Å². The highest BCUT2D eigenvalue weighted by atomic mass is 19.4. The van der Waals surface area contributed by atoms with Crippen LogP contribution in [0, 0.1) is 5.92 Å². The fourth-order valence-electron chi connectivity index (χ4n) is 3.43. The number of carbonyl (C=O) groups excluding carboxylic acids is 1. The lowest BCUT2D eigenvalue weighted by atomic mass is 9.94. The van der Waals surface area contributed by atoms with Crippen molar-refractivity contribution < 1.29 is 27.4 Å². The van der Waals surface area contributed by atoms with Crippen molar-refractivity contribution in [1.82, 2.24) is 5.32 Å². The Labute approximate surface area is 186 Å². The van der Waals surface area contributed by atoms with Gasteiger partial charge in [0.05, 0.1) is 23.4 Å². The van der Waals surface area contributed by atoms with E-state index in [1.54, 1.807) is 7.11 Å². The summed E-state index contributed by atoms with van der Waals surface area (Å²) in [7, 11) is 1.65. The monoisotopic (exact) mass is 450 g/mol. The molecule has 0 fully saturated rings. The predicted octanol–water partition coefficient (Wildman–Crippen LogP) is 4.71. The Morgan fingerprint density at radius 3 is 2.56 bits per heavy atom. The molecule has 2 unspecified atom stereocenters. The number of halogens is 3. The topological polar surface area (TPSA) is 59.9 Å². The van der Waals surface area contributed by atoms with Gasteiger partial charge in [0.25, 0.3) is 5.91 Å². The number of methoxy groups -OCH3 is 1. The first kappa shape index (κ1) is 24.0. The Morgan fingerprint density at radius 2 is 2.03 bits per heavy atom. The van der Waals surface area contributed by atoms with Crippen LogP contribution < -0.4 is 10.1 Å². The van der Waals surface area contributed by atoms with Crippen LogP contribution >= 0.6 is 0 Å². The summed E-state index contributed by atoms with van der Waals surface area (Å²) in [4.78, 5) is 16.7. The third kappa shape index (κ3) is 6.22. The number of amides is 1. The quantitative estimate of drug-likeness (QED) is 0.593. The molecule has 1 aromatic carbocycles. The summed E-state index contributed by atoms with van der Waals surface area (Å²) in [6.07, 6.45) is 1.47. The van der Waals surface area contributed by atoms with E-state index >= 15 is 0 Å². The lowest BCUT2D eigenvalue weighted by Gasteiger charge is -2.26. The molecule has 32 heavy (non-hydrogen) atoms. The maximum absolute atomic E-state index is 13.5. The molecule has 0 bridgehead atoms. The Kier molecular flexibility index (Phi) is 7.12. The van der Waals surface area contributed by atoms with Gasteiger partial charge in [0.15, 0.2) is 6.10 Å². The van der Waals surface area contributed by atoms with Crippen LogP contribution in [0.4, 0.5) is 13.2 Å². The van der Waals surface area contributed by atoms with Gasteiger partial charge in [-0.05, 0) is 49.5 Å². The Balaban J connectivity index is 1.70. The molecule has 0 radical (unpaired) electrons. The number of nitrogens with one attached hydrogen (secondary N) is 1. The number of benzene rings is 1. The minimum atomic E-state index is -4.54. The second-order valence-electron chi connectivity index (χ2n) is 8.76.